The number of rotatable bonds is 1. The van der Waals surface area contributed by atoms with Crippen molar-refractivity contribution in [2.24, 2.45) is 0 Å². The van der Waals surface area contributed by atoms with Gasteiger partial charge in [0, 0.05) is 37.9 Å². The Kier molecular flexibility index (Phi) is 3.43. The normalized spacial score (nSPS) is 16.4. The van der Waals surface area contributed by atoms with E-state index in [1.54, 1.807) is 4.90 Å². The summed E-state index contributed by atoms with van der Waals surface area (Å²) in [5, 5.41) is 3.08. The summed E-state index contributed by atoms with van der Waals surface area (Å²) in [4.78, 5) is 5.50. The van der Waals surface area contributed by atoms with Crippen molar-refractivity contribution in [3.8, 4) is 12.3 Å². The molecule has 2 heterocycles. The highest BCUT2D eigenvalue weighted by molar-refractivity contribution is 5.52. The zero-order valence-corrected chi connectivity index (χ0v) is 9.59. The lowest BCUT2D eigenvalue weighted by Crippen LogP contribution is -2.44. The summed E-state index contributed by atoms with van der Waals surface area (Å²) in [5.74, 6) is 2.14. The predicted molar refractivity (Wildman–Crippen MR) is 62.3 cm³/mol. The smallest absolute Gasteiger partial charge is 0.354 e. The number of hydrogen-bond donors (Lipinski definition) is 1. The van der Waals surface area contributed by atoms with E-state index in [0.29, 0.717) is 26.2 Å². The van der Waals surface area contributed by atoms with Crippen LogP contribution in [-0.4, -0.2) is 31.2 Å². The molecule has 1 aliphatic rings. The molecule has 0 atom stereocenters. The van der Waals surface area contributed by atoms with E-state index in [4.69, 9.17) is 6.42 Å². The van der Waals surface area contributed by atoms with Gasteiger partial charge in [-0.05, 0) is 6.07 Å². The number of nitrogens with one attached hydrogen (secondary N) is 1. The third-order valence-electron chi connectivity index (χ3n) is 2.76. The largest absolute Gasteiger partial charge is 0.420 e. The molecule has 1 aliphatic heterocycles. The molecule has 6 heteroatoms. The Balaban J connectivity index is 2.42. The number of pyridine rings is 1. The predicted octanol–water partition coefficient (Wildman–Crippen LogP) is 1.49. The molecular formula is C12H12F3N3. The fourth-order valence-electron chi connectivity index (χ4n) is 1.87. The van der Waals surface area contributed by atoms with Gasteiger partial charge in [0.05, 0.1) is 5.56 Å². The molecule has 0 radical (unpaired) electrons. The number of anilines is 1. The van der Waals surface area contributed by atoms with Crippen molar-refractivity contribution < 1.29 is 13.2 Å². The average Bonchev–Trinajstić information content (AvgIpc) is 2.38. The lowest BCUT2D eigenvalue weighted by Gasteiger charge is -2.30. The van der Waals surface area contributed by atoms with Crippen LogP contribution in [0.1, 0.15) is 11.1 Å². The van der Waals surface area contributed by atoms with Crippen molar-refractivity contribution in [1.29, 1.82) is 0 Å². The molecule has 0 amide bonds. The SMILES string of the molecule is C#Cc1cnc(N2CCNCC2)c(C(F)(F)F)c1. The molecule has 1 saturated heterocycles. The quantitative estimate of drug-likeness (QED) is 0.771. The maximum absolute atomic E-state index is 13.0. The first-order chi connectivity index (χ1) is 8.52. The Bertz CT molecular complexity index is 470. The first-order valence-corrected chi connectivity index (χ1v) is 5.52. The van der Waals surface area contributed by atoms with Gasteiger partial charge in [0.15, 0.2) is 0 Å². The summed E-state index contributed by atoms with van der Waals surface area (Å²) in [7, 11) is 0. The summed E-state index contributed by atoms with van der Waals surface area (Å²) >= 11 is 0. The van der Waals surface area contributed by atoms with Gasteiger partial charge in [0.1, 0.15) is 5.82 Å². The maximum atomic E-state index is 13.0. The van der Waals surface area contributed by atoms with Crippen molar-refractivity contribution in [3.05, 3.63) is 23.4 Å². The van der Waals surface area contributed by atoms with E-state index in [2.05, 4.69) is 16.2 Å². The Hall–Kier alpha value is -1.74. The van der Waals surface area contributed by atoms with E-state index in [1.807, 2.05) is 0 Å². The molecule has 1 aromatic rings. The number of aromatic nitrogens is 1. The van der Waals surface area contributed by atoms with Crippen LogP contribution in [0.25, 0.3) is 0 Å². The Morgan fingerprint density at radius 1 is 1.33 bits per heavy atom. The van der Waals surface area contributed by atoms with E-state index >= 15 is 0 Å². The summed E-state index contributed by atoms with van der Waals surface area (Å²) in [6.45, 7) is 2.31. The van der Waals surface area contributed by atoms with Crippen LogP contribution in [0.2, 0.25) is 0 Å². The van der Waals surface area contributed by atoms with Gasteiger partial charge in [-0.25, -0.2) is 4.98 Å². The van der Waals surface area contributed by atoms with Gasteiger partial charge in [-0.15, -0.1) is 6.42 Å². The third kappa shape index (κ3) is 2.57. The second-order valence-corrected chi connectivity index (χ2v) is 3.97. The molecule has 18 heavy (non-hydrogen) atoms. The first kappa shape index (κ1) is 12.7. The van der Waals surface area contributed by atoms with E-state index in [0.717, 1.165) is 6.07 Å². The molecule has 0 unspecified atom stereocenters. The lowest BCUT2D eigenvalue weighted by molar-refractivity contribution is -0.137. The number of hydrogen-bond acceptors (Lipinski definition) is 3. The summed E-state index contributed by atoms with van der Waals surface area (Å²) in [6, 6.07) is 0.977. The highest BCUT2D eigenvalue weighted by atomic mass is 19.4. The molecule has 2 rings (SSSR count). The van der Waals surface area contributed by atoms with E-state index < -0.39 is 11.7 Å². The van der Waals surface area contributed by atoms with Gasteiger partial charge >= 0.3 is 6.18 Å². The van der Waals surface area contributed by atoms with Crippen LogP contribution in [-0.2, 0) is 6.18 Å². The minimum absolute atomic E-state index is 0.0389. The van der Waals surface area contributed by atoms with Crippen molar-refractivity contribution in [1.82, 2.24) is 10.3 Å². The topological polar surface area (TPSA) is 28.2 Å². The third-order valence-corrected chi connectivity index (χ3v) is 2.76. The fourth-order valence-corrected chi connectivity index (χ4v) is 1.87. The zero-order chi connectivity index (χ0) is 13.2. The van der Waals surface area contributed by atoms with Crippen LogP contribution in [0.15, 0.2) is 12.3 Å². The minimum atomic E-state index is -4.44. The highest BCUT2D eigenvalue weighted by Crippen LogP contribution is 2.35. The number of alkyl halides is 3. The summed E-state index contributed by atoms with van der Waals surface area (Å²) in [6.07, 6.45) is 1.96. The number of terminal acetylenes is 1. The number of halogens is 3. The first-order valence-electron chi connectivity index (χ1n) is 5.52. The number of nitrogens with zero attached hydrogens (tertiary/aromatic N) is 2. The monoisotopic (exact) mass is 255 g/mol. The van der Waals surface area contributed by atoms with Gasteiger partial charge in [-0.2, -0.15) is 13.2 Å². The van der Waals surface area contributed by atoms with Gasteiger partial charge in [0.2, 0.25) is 0 Å². The standard InChI is InChI=1S/C12H12F3N3/c1-2-9-7-10(12(13,14)15)11(17-8-9)18-5-3-16-4-6-18/h1,7-8,16H,3-6H2. The van der Waals surface area contributed by atoms with Crippen LogP contribution < -0.4 is 10.2 Å². The Morgan fingerprint density at radius 3 is 2.56 bits per heavy atom. The number of piperazine rings is 1. The van der Waals surface area contributed by atoms with E-state index in [-0.39, 0.29) is 11.4 Å². The van der Waals surface area contributed by atoms with Crippen LogP contribution in [0.5, 0.6) is 0 Å². The minimum Gasteiger partial charge on any atom is -0.354 e. The Labute approximate surface area is 103 Å². The molecule has 3 nitrogen and oxygen atoms in total. The van der Waals surface area contributed by atoms with Gasteiger partial charge in [-0.1, -0.05) is 5.92 Å². The second-order valence-electron chi connectivity index (χ2n) is 3.97. The van der Waals surface area contributed by atoms with Crippen LogP contribution >= 0.6 is 0 Å². The maximum Gasteiger partial charge on any atom is 0.420 e. The van der Waals surface area contributed by atoms with Crippen LogP contribution in [0, 0.1) is 12.3 Å². The van der Waals surface area contributed by atoms with Crippen molar-refractivity contribution in [2.75, 3.05) is 31.1 Å². The summed E-state index contributed by atoms with van der Waals surface area (Å²) in [5.41, 5.74) is -0.624. The molecule has 1 N–H and O–H groups in total. The van der Waals surface area contributed by atoms with E-state index in [1.165, 1.54) is 6.20 Å². The molecule has 0 aliphatic carbocycles. The van der Waals surface area contributed by atoms with Crippen molar-refractivity contribution >= 4 is 5.82 Å². The molecule has 1 aromatic heterocycles. The van der Waals surface area contributed by atoms with Gasteiger partial charge < -0.3 is 10.2 Å². The molecule has 1 fully saturated rings. The molecule has 0 spiro atoms. The molecule has 0 aromatic carbocycles. The van der Waals surface area contributed by atoms with Crippen LogP contribution in [0.4, 0.5) is 19.0 Å². The highest BCUT2D eigenvalue weighted by Gasteiger charge is 2.36. The molecule has 0 bridgehead atoms. The molecule has 96 valence electrons. The van der Waals surface area contributed by atoms with Crippen molar-refractivity contribution in [3.63, 3.8) is 0 Å². The Morgan fingerprint density at radius 2 is 2.00 bits per heavy atom. The van der Waals surface area contributed by atoms with Crippen molar-refractivity contribution in [2.45, 2.75) is 6.18 Å². The fraction of sp³-hybridized carbons (Fsp3) is 0.417. The lowest BCUT2D eigenvalue weighted by atomic mass is 10.1. The summed E-state index contributed by atoms with van der Waals surface area (Å²) < 4.78 is 38.9. The zero-order valence-electron chi connectivity index (χ0n) is 9.59. The van der Waals surface area contributed by atoms with Crippen LogP contribution in [0.3, 0.4) is 0 Å². The molecule has 0 saturated carbocycles. The second kappa shape index (κ2) is 4.86. The average molecular weight is 255 g/mol. The molecular weight excluding hydrogens is 243 g/mol. The van der Waals surface area contributed by atoms with E-state index in [9.17, 15) is 13.2 Å². The van der Waals surface area contributed by atoms with Gasteiger partial charge in [0.25, 0.3) is 0 Å². The van der Waals surface area contributed by atoms with Gasteiger partial charge in [-0.3, -0.25) is 0 Å².